The Kier molecular flexibility index (Phi) is 7.06. The fourth-order valence-corrected chi connectivity index (χ4v) is 8.64. The predicted molar refractivity (Wildman–Crippen MR) is 126 cm³/mol. The molecule has 0 saturated carbocycles. The summed E-state index contributed by atoms with van der Waals surface area (Å²) in [6.45, 7) is 0. The number of unbranched alkanes of at least 4 members (excludes halogenated alkanes) is 1. The summed E-state index contributed by atoms with van der Waals surface area (Å²) >= 11 is 0. The van der Waals surface area contributed by atoms with Crippen molar-refractivity contribution in [3.63, 3.8) is 0 Å². The number of rotatable bonds is 9. The number of hydrogen-bond donors (Lipinski definition) is 1. The van der Waals surface area contributed by atoms with Crippen LogP contribution in [0.3, 0.4) is 0 Å². The summed E-state index contributed by atoms with van der Waals surface area (Å²) in [5.41, 5.74) is 1.23. The maximum absolute atomic E-state index is 11.1. The Bertz CT molecular complexity index is 886. The molecule has 4 heteroatoms. The van der Waals surface area contributed by atoms with E-state index in [9.17, 15) is 4.79 Å². The minimum atomic E-state index is -1.94. The minimum absolute atomic E-state index is 0.221. The van der Waals surface area contributed by atoms with Gasteiger partial charge in [0.05, 0.1) is 11.8 Å². The molecule has 0 atom stereocenters. The quantitative estimate of drug-likeness (QED) is 0.425. The Hall–Kier alpha value is -2.64. The van der Waals surface area contributed by atoms with E-state index >= 15 is 0 Å². The lowest BCUT2D eigenvalue weighted by molar-refractivity contribution is -0.137. The van der Waals surface area contributed by atoms with Crippen LogP contribution in [-0.4, -0.2) is 31.3 Å². The van der Waals surface area contributed by atoms with Crippen LogP contribution in [0.15, 0.2) is 84.9 Å². The first kappa shape index (κ1) is 21.1. The average molecular weight is 406 g/mol. The molecule has 0 radical (unpaired) electrons. The number of carboxylic acid groups (broad SMARTS) is 1. The average Bonchev–Trinajstić information content (AvgIpc) is 2.75. The molecular formula is C25H29NO2P+. The molecule has 29 heavy (non-hydrogen) atoms. The van der Waals surface area contributed by atoms with E-state index in [1.54, 1.807) is 0 Å². The van der Waals surface area contributed by atoms with E-state index in [1.807, 2.05) is 0 Å². The van der Waals surface area contributed by atoms with Crippen molar-refractivity contribution in [2.45, 2.75) is 19.3 Å². The second-order valence-corrected chi connectivity index (χ2v) is 11.0. The normalized spacial score (nSPS) is 11.2. The lowest BCUT2D eigenvalue weighted by atomic mass is 10.2. The summed E-state index contributed by atoms with van der Waals surface area (Å²) in [4.78, 5) is 13.3. The third-order valence-corrected chi connectivity index (χ3v) is 9.85. The number of benzene rings is 3. The molecule has 0 saturated heterocycles. The molecule has 3 aromatic rings. The van der Waals surface area contributed by atoms with Crippen LogP contribution < -0.4 is 20.8 Å². The molecule has 0 amide bonds. The summed E-state index contributed by atoms with van der Waals surface area (Å²) in [6.07, 6.45) is 2.75. The highest BCUT2D eigenvalue weighted by Gasteiger charge is 2.46. The molecule has 0 aliphatic heterocycles. The van der Waals surface area contributed by atoms with Gasteiger partial charge in [-0.25, -0.2) is 0 Å². The molecule has 0 bridgehead atoms. The van der Waals surface area contributed by atoms with E-state index in [0.717, 1.165) is 12.6 Å². The molecule has 150 valence electrons. The maximum Gasteiger partial charge on any atom is 0.303 e. The number of carbonyl (C=O) groups is 1. The number of anilines is 1. The van der Waals surface area contributed by atoms with Crippen molar-refractivity contribution in [3.8, 4) is 0 Å². The molecule has 0 unspecified atom stereocenters. The summed E-state index contributed by atoms with van der Waals surface area (Å²) in [5.74, 6) is -0.720. The second kappa shape index (κ2) is 9.71. The van der Waals surface area contributed by atoms with Crippen molar-refractivity contribution < 1.29 is 9.90 Å². The van der Waals surface area contributed by atoms with Crippen molar-refractivity contribution in [1.29, 1.82) is 0 Å². The highest BCUT2D eigenvalue weighted by atomic mass is 31.2. The molecule has 0 aliphatic rings. The van der Waals surface area contributed by atoms with E-state index in [1.165, 1.54) is 21.6 Å². The number of aliphatic carboxylic acids is 1. The maximum atomic E-state index is 11.1. The topological polar surface area (TPSA) is 40.5 Å². The lowest BCUT2D eigenvalue weighted by Gasteiger charge is -2.30. The van der Waals surface area contributed by atoms with Gasteiger partial charge in [-0.2, -0.15) is 0 Å². The van der Waals surface area contributed by atoms with Crippen LogP contribution in [0.2, 0.25) is 0 Å². The molecular weight excluding hydrogens is 377 g/mol. The molecule has 3 rings (SSSR count). The Morgan fingerprint density at radius 2 is 1.31 bits per heavy atom. The van der Waals surface area contributed by atoms with Gasteiger partial charge in [0, 0.05) is 20.5 Å². The molecule has 3 aromatic carbocycles. The molecule has 3 nitrogen and oxygen atoms in total. The molecule has 0 spiro atoms. The van der Waals surface area contributed by atoms with Gasteiger partial charge >= 0.3 is 5.97 Å². The first-order chi connectivity index (χ1) is 14.1. The van der Waals surface area contributed by atoms with Gasteiger partial charge in [-0.15, -0.1) is 0 Å². The van der Waals surface area contributed by atoms with Gasteiger partial charge in [0.1, 0.15) is 23.2 Å². The third-order valence-electron chi connectivity index (χ3n) is 5.30. The van der Waals surface area contributed by atoms with Crippen molar-refractivity contribution in [2.24, 2.45) is 0 Å². The summed E-state index contributed by atoms with van der Waals surface area (Å²) in [5, 5.41) is 13.2. The first-order valence-corrected chi connectivity index (χ1v) is 12.0. The van der Waals surface area contributed by atoms with Crippen molar-refractivity contribution in [2.75, 3.05) is 25.2 Å². The fraction of sp³-hybridized carbons (Fsp3) is 0.240. The Balaban J connectivity index is 2.22. The number of nitrogens with zero attached hydrogens (tertiary/aromatic N) is 1. The Morgan fingerprint density at radius 1 is 0.793 bits per heavy atom. The van der Waals surface area contributed by atoms with Crippen LogP contribution in [-0.2, 0) is 4.79 Å². The van der Waals surface area contributed by atoms with Gasteiger partial charge in [-0.3, -0.25) is 4.79 Å². The van der Waals surface area contributed by atoms with E-state index < -0.39 is 13.2 Å². The Morgan fingerprint density at radius 3 is 1.83 bits per heavy atom. The van der Waals surface area contributed by atoms with Crippen molar-refractivity contribution in [1.82, 2.24) is 0 Å². The third kappa shape index (κ3) is 4.68. The van der Waals surface area contributed by atoms with E-state index in [2.05, 4.69) is 104 Å². The molecule has 0 heterocycles. The summed E-state index contributed by atoms with van der Waals surface area (Å²) in [7, 11) is 2.24. The zero-order valence-electron chi connectivity index (χ0n) is 17.2. The monoisotopic (exact) mass is 406 g/mol. The van der Waals surface area contributed by atoms with Crippen LogP contribution in [0.1, 0.15) is 19.3 Å². The number of carboxylic acids is 1. The summed E-state index contributed by atoms with van der Waals surface area (Å²) in [6, 6.07) is 30.2. The zero-order valence-corrected chi connectivity index (χ0v) is 18.1. The second-order valence-electron chi connectivity index (χ2n) is 7.44. The molecule has 1 N–H and O–H groups in total. The molecule has 0 aromatic heterocycles. The van der Waals surface area contributed by atoms with Crippen LogP contribution in [0.5, 0.6) is 0 Å². The van der Waals surface area contributed by atoms with Gasteiger partial charge in [0.15, 0.2) is 0 Å². The van der Waals surface area contributed by atoms with Gasteiger partial charge in [-0.05, 0) is 49.2 Å². The van der Waals surface area contributed by atoms with Crippen molar-refractivity contribution in [3.05, 3.63) is 84.9 Å². The fourth-order valence-electron chi connectivity index (χ4n) is 3.96. The van der Waals surface area contributed by atoms with Gasteiger partial charge in [0.2, 0.25) is 0 Å². The molecule has 0 aliphatic carbocycles. The van der Waals surface area contributed by atoms with E-state index in [0.29, 0.717) is 6.42 Å². The van der Waals surface area contributed by atoms with Crippen molar-refractivity contribution >= 4 is 34.8 Å². The van der Waals surface area contributed by atoms with Gasteiger partial charge in [-0.1, -0.05) is 48.5 Å². The van der Waals surface area contributed by atoms with Crippen LogP contribution >= 0.6 is 7.26 Å². The molecule has 0 fully saturated rings. The number of hydrogen-bond acceptors (Lipinski definition) is 2. The highest BCUT2D eigenvalue weighted by molar-refractivity contribution is 7.96. The van der Waals surface area contributed by atoms with E-state index in [4.69, 9.17) is 5.11 Å². The van der Waals surface area contributed by atoms with Gasteiger partial charge < -0.3 is 10.0 Å². The number of para-hydroxylation sites is 1. The highest BCUT2D eigenvalue weighted by Crippen LogP contribution is 2.57. The SMILES string of the molecule is CN(C)c1ccccc1[P+](CCCCC(=O)O)(c1ccccc1)c1ccccc1. The summed E-state index contributed by atoms with van der Waals surface area (Å²) < 4.78 is 0. The van der Waals surface area contributed by atoms with E-state index in [-0.39, 0.29) is 6.42 Å². The zero-order chi connectivity index (χ0) is 20.7. The smallest absolute Gasteiger partial charge is 0.303 e. The first-order valence-electron chi connectivity index (χ1n) is 10.0. The van der Waals surface area contributed by atoms with Crippen LogP contribution in [0.25, 0.3) is 0 Å². The minimum Gasteiger partial charge on any atom is -0.481 e. The van der Waals surface area contributed by atoms with Gasteiger partial charge in [0.25, 0.3) is 0 Å². The lowest BCUT2D eigenvalue weighted by Crippen LogP contribution is -2.36. The van der Waals surface area contributed by atoms with Crippen LogP contribution in [0, 0.1) is 0 Å². The predicted octanol–water partition coefficient (Wildman–Crippen LogP) is 4.30. The standard InChI is InChI=1S/C25H28NO2P/c1-26(2)23-17-9-10-18-24(23)29(20-12-11-19-25(27)28,21-13-5-3-6-14-21)22-15-7-4-8-16-22/h3-10,13-18H,11-12,19-20H2,1-2H3/p+1. The van der Waals surface area contributed by atoms with Crippen LogP contribution in [0.4, 0.5) is 5.69 Å². The largest absolute Gasteiger partial charge is 0.481 e. The Labute approximate surface area is 174 Å².